The zero-order chi connectivity index (χ0) is 25.7. The Morgan fingerprint density at radius 2 is 1.81 bits per heavy atom. The third-order valence-electron chi connectivity index (χ3n) is 7.35. The molecule has 9 nitrogen and oxygen atoms in total. The van der Waals surface area contributed by atoms with Gasteiger partial charge in [0.25, 0.3) is 5.91 Å². The van der Waals surface area contributed by atoms with Crippen LogP contribution in [0.1, 0.15) is 46.8 Å². The van der Waals surface area contributed by atoms with E-state index < -0.39 is 12.0 Å². The third-order valence-corrected chi connectivity index (χ3v) is 7.35. The lowest BCUT2D eigenvalue weighted by Crippen LogP contribution is -2.47. The Labute approximate surface area is 213 Å². The third kappa shape index (κ3) is 5.32. The van der Waals surface area contributed by atoms with E-state index in [9.17, 15) is 9.59 Å². The van der Waals surface area contributed by atoms with Crippen molar-refractivity contribution in [2.24, 2.45) is 0 Å². The Balaban J connectivity index is 1.55. The number of benzene rings is 1. The fourth-order valence-corrected chi connectivity index (χ4v) is 5.25. The first-order chi connectivity index (χ1) is 17.5. The van der Waals surface area contributed by atoms with Crippen LogP contribution in [0.5, 0.6) is 11.5 Å². The number of carbonyl (C=O) groups is 2. The van der Waals surface area contributed by atoms with Gasteiger partial charge in [0, 0.05) is 57.7 Å². The van der Waals surface area contributed by atoms with E-state index in [4.69, 9.17) is 9.47 Å². The molecular weight excluding hydrogens is 458 g/mol. The second-order valence-electron chi connectivity index (χ2n) is 9.34. The molecule has 1 saturated heterocycles. The number of aromatic nitrogens is 1. The number of ether oxygens (including phenoxy) is 2. The quantitative estimate of drug-likeness (QED) is 0.534. The van der Waals surface area contributed by atoms with Gasteiger partial charge in [0.15, 0.2) is 11.5 Å². The molecule has 0 bridgehead atoms. The molecule has 9 heteroatoms. The van der Waals surface area contributed by atoms with E-state index in [2.05, 4.69) is 27.0 Å². The van der Waals surface area contributed by atoms with Crippen LogP contribution >= 0.6 is 0 Å². The van der Waals surface area contributed by atoms with E-state index in [0.717, 1.165) is 51.3 Å². The largest absolute Gasteiger partial charge is 0.493 e. The van der Waals surface area contributed by atoms with Crippen molar-refractivity contribution in [2.45, 2.75) is 25.3 Å². The second kappa shape index (κ2) is 11.7. The minimum atomic E-state index is -0.611. The molecule has 194 valence electrons. The first kappa shape index (κ1) is 25.9. The van der Waals surface area contributed by atoms with Gasteiger partial charge in [-0.3, -0.25) is 14.6 Å². The molecule has 0 aliphatic carbocycles. The highest BCUT2D eigenvalue weighted by atomic mass is 16.5. The van der Waals surface area contributed by atoms with Crippen molar-refractivity contribution in [1.29, 1.82) is 0 Å². The van der Waals surface area contributed by atoms with E-state index in [-0.39, 0.29) is 11.8 Å². The van der Waals surface area contributed by atoms with Gasteiger partial charge >= 0.3 is 0 Å². The molecule has 2 aliphatic rings. The van der Waals surface area contributed by atoms with Crippen LogP contribution in [-0.4, -0.2) is 98.6 Å². The molecule has 1 N–H and O–H groups in total. The fraction of sp³-hybridized carbons (Fsp3) is 0.519. The summed E-state index contributed by atoms with van der Waals surface area (Å²) in [5, 5.41) is 3.15. The lowest BCUT2D eigenvalue weighted by atomic mass is 9.79. The SMILES string of the molecule is CCN1CCN(CCCNC(=O)[C@@H]2c3cc(OC)c(OC)cc3C(=O)N(C)[C@H]2c2cccnc2)CC1. The van der Waals surface area contributed by atoms with Gasteiger partial charge in [-0.2, -0.15) is 0 Å². The number of pyridine rings is 1. The van der Waals surface area contributed by atoms with Gasteiger partial charge in [0.2, 0.25) is 5.91 Å². The number of methoxy groups -OCH3 is 2. The molecule has 36 heavy (non-hydrogen) atoms. The summed E-state index contributed by atoms with van der Waals surface area (Å²) in [7, 11) is 4.82. The maximum Gasteiger partial charge on any atom is 0.254 e. The van der Waals surface area contributed by atoms with Crippen LogP contribution in [0.15, 0.2) is 36.7 Å². The number of likely N-dealkylation sites (N-methyl/N-ethyl adjacent to an activating group) is 2. The number of piperazine rings is 1. The molecule has 0 saturated carbocycles. The molecule has 1 aromatic carbocycles. The van der Waals surface area contributed by atoms with Crippen molar-refractivity contribution in [1.82, 2.24) is 25.0 Å². The van der Waals surface area contributed by atoms with E-state index in [1.54, 1.807) is 43.6 Å². The maximum atomic E-state index is 13.7. The second-order valence-corrected chi connectivity index (χ2v) is 9.34. The summed E-state index contributed by atoms with van der Waals surface area (Å²) in [5.74, 6) is 0.0464. The Kier molecular flexibility index (Phi) is 8.43. The Bertz CT molecular complexity index is 1060. The monoisotopic (exact) mass is 495 g/mol. The van der Waals surface area contributed by atoms with E-state index in [0.29, 0.717) is 29.2 Å². The average molecular weight is 496 g/mol. The molecule has 1 fully saturated rings. The fourth-order valence-electron chi connectivity index (χ4n) is 5.25. The van der Waals surface area contributed by atoms with Gasteiger partial charge in [-0.05, 0) is 48.8 Å². The lowest BCUT2D eigenvalue weighted by Gasteiger charge is -2.40. The zero-order valence-electron chi connectivity index (χ0n) is 21.7. The van der Waals surface area contributed by atoms with Gasteiger partial charge in [0.05, 0.1) is 26.2 Å². The van der Waals surface area contributed by atoms with Crippen molar-refractivity contribution in [3.8, 4) is 11.5 Å². The molecule has 2 amide bonds. The van der Waals surface area contributed by atoms with Crippen LogP contribution in [0.25, 0.3) is 0 Å². The molecule has 0 spiro atoms. The maximum absolute atomic E-state index is 13.7. The minimum absolute atomic E-state index is 0.118. The summed E-state index contributed by atoms with van der Waals surface area (Å²) in [5.41, 5.74) is 1.89. The normalized spacial score (nSPS) is 20.7. The minimum Gasteiger partial charge on any atom is -0.493 e. The predicted molar refractivity (Wildman–Crippen MR) is 138 cm³/mol. The Morgan fingerprint density at radius 3 is 2.44 bits per heavy atom. The molecule has 1 aromatic heterocycles. The first-order valence-electron chi connectivity index (χ1n) is 12.6. The molecular formula is C27H37N5O4. The molecule has 2 aliphatic heterocycles. The summed E-state index contributed by atoms with van der Waals surface area (Å²) in [6, 6.07) is 6.68. The van der Waals surface area contributed by atoms with Crippen LogP contribution in [0, 0.1) is 0 Å². The van der Waals surface area contributed by atoms with Crippen molar-refractivity contribution in [3.05, 3.63) is 53.3 Å². The van der Waals surface area contributed by atoms with E-state index >= 15 is 0 Å². The summed E-state index contributed by atoms with van der Waals surface area (Å²) in [6.07, 6.45) is 4.28. The molecule has 4 rings (SSSR count). The predicted octanol–water partition coefficient (Wildman–Crippen LogP) is 2.15. The number of hydrogen-bond donors (Lipinski definition) is 1. The number of rotatable bonds is 9. The lowest BCUT2D eigenvalue weighted by molar-refractivity contribution is -0.124. The van der Waals surface area contributed by atoms with Crippen LogP contribution in [0.4, 0.5) is 0 Å². The number of nitrogens with zero attached hydrogens (tertiary/aromatic N) is 4. The number of fused-ring (bicyclic) bond motifs is 1. The number of hydrogen-bond acceptors (Lipinski definition) is 7. The highest BCUT2D eigenvalue weighted by molar-refractivity contribution is 6.02. The van der Waals surface area contributed by atoms with Gasteiger partial charge in [-0.1, -0.05) is 13.0 Å². The number of amides is 2. The summed E-state index contributed by atoms with van der Waals surface area (Å²) in [4.78, 5) is 37.9. The van der Waals surface area contributed by atoms with Crippen molar-refractivity contribution < 1.29 is 19.1 Å². The van der Waals surface area contributed by atoms with Gasteiger partial charge in [-0.25, -0.2) is 0 Å². The molecule has 0 radical (unpaired) electrons. The van der Waals surface area contributed by atoms with E-state index in [1.807, 2.05) is 12.1 Å². The van der Waals surface area contributed by atoms with E-state index in [1.165, 1.54) is 7.11 Å². The standard InChI is InChI=1S/C27H37N5O4/c1-5-31-12-14-32(15-13-31)11-7-10-29-26(33)24-20-16-22(35-3)23(36-4)17-21(20)27(34)30(2)25(24)19-8-6-9-28-18-19/h6,8-9,16-18,24-25H,5,7,10-15H2,1-4H3,(H,29,33)/t24-,25+/m1/s1. The summed E-state index contributed by atoms with van der Waals surface area (Å²) >= 11 is 0. The van der Waals surface area contributed by atoms with Crippen LogP contribution in [0.3, 0.4) is 0 Å². The van der Waals surface area contributed by atoms with Gasteiger partial charge in [-0.15, -0.1) is 0 Å². The molecule has 3 heterocycles. The molecule has 2 atom stereocenters. The highest BCUT2D eigenvalue weighted by Crippen LogP contribution is 2.45. The number of carbonyl (C=O) groups excluding carboxylic acids is 2. The van der Waals surface area contributed by atoms with Gasteiger partial charge in [0.1, 0.15) is 0 Å². The first-order valence-corrected chi connectivity index (χ1v) is 12.6. The molecule has 0 unspecified atom stereocenters. The van der Waals surface area contributed by atoms with Crippen LogP contribution in [-0.2, 0) is 4.79 Å². The van der Waals surface area contributed by atoms with Crippen LogP contribution in [0.2, 0.25) is 0 Å². The molecule has 2 aromatic rings. The Hall–Kier alpha value is -3.17. The highest BCUT2D eigenvalue weighted by Gasteiger charge is 2.43. The zero-order valence-corrected chi connectivity index (χ0v) is 21.7. The van der Waals surface area contributed by atoms with Crippen LogP contribution < -0.4 is 14.8 Å². The summed E-state index contributed by atoms with van der Waals surface area (Å²) < 4.78 is 10.9. The van der Waals surface area contributed by atoms with Crippen molar-refractivity contribution in [2.75, 3.05) is 67.1 Å². The smallest absolute Gasteiger partial charge is 0.254 e. The topological polar surface area (TPSA) is 87.2 Å². The van der Waals surface area contributed by atoms with Crippen molar-refractivity contribution in [3.63, 3.8) is 0 Å². The summed E-state index contributed by atoms with van der Waals surface area (Å²) in [6.45, 7) is 9.14. The van der Waals surface area contributed by atoms with Crippen molar-refractivity contribution >= 4 is 11.8 Å². The number of nitrogens with one attached hydrogen (secondary N) is 1. The average Bonchev–Trinajstić information content (AvgIpc) is 2.92. The Morgan fingerprint density at radius 1 is 1.11 bits per heavy atom. The van der Waals surface area contributed by atoms with Gasteiger partial charge < -0.3 is 29.5 Å².